The van der Waals surface area contributed by atoms with Crippen LogP contribution in [0.5, 0.6) is 0 Å². The second kappa shape index (κ2) is 4.42. The Kier molecular flexibility index (Phi) is 2.76. The third-order valence-corrected chi connectivity index (χ3v) is 3.43. The predicted octanol–water partition coefficient (Wildman–Crippen LogP) is 1.50. The molecule has 5 nitrogen and oxygen atoms in total. The number of ether oxygens (including phenoxy) is 1. The number of fused-ring (bicyclic) bond motifs is 1. The van der Waals surface area contributed by atoms with Crippen LogP contribution in [0.25, 0.3) is 0 Å². The molecule has 2 unspecified atom stereocenters. The Hall–Kier alpha value is -1.88. The van der Waals surface area contributed by atoms with Gasteiger partial charge in [-0.25, -0.2) is 4.79 Å². The zero-order valence-electron chi connectivity index (χ0n) is 9.83. The lowest BCUT2D eigenvalue weighted by molar-refractivity contribution is -0.146. The van der Waals surface area contributed by atoms with E-state index >= 15 is 0 Å². The van der Waals surface area contributed by atoms with Crippen molar-refractivity contribution in [1.29, 1.82) is 0 Å². The first-order valence-corrected chi connectivity index (χ1v) is 6.11. The minimum atomic E-state index is -0.596. The van der Waals surface area contributed by atoms with E-state index < -0.39 is 12.1 Å². The third kappa shape index (κ3) is 1.76. The Morgan fingerprint density at radius 2 is 2.00 bits per heavy atom. The molecule has 94 valence electrons. The summed E-state index contributed by atoms with van der Waals surface area (Å²) in [5.74, 6) is -0.680. The molecule has 1 aromatic rings. The quantitative estimate of drug-likeness (QED) is 0.602. The molecule has 1 aromatic carbocycles. The van der Waals surface area contributed by atoms with Crippen molar-refractivity contribution in [3.8, 4) is 0 Å². The molecular weight excluding hydrogens is 232 g/mol. The highest BCUT2D eigenvalue weighted by Gasteiger charge is 2.45. The van der Waals surface area contributed by atoms with Crippen molar-refractivity contribution < 1.29 is 14.3 Å². The summed E-state index contributed by atoms with van der Waals surface area (Å²) in [6, 6.07) is 9.28. The molecule has 18 heavy (non-hydrogen) atoms. The molecule has 2 atom stereocenters. The Morgan fingerprint density at radius 1 is 1.22 bits per heavy atom. The van der Waals surface area contributed by atoms with Crippen LogP contribution in [-0.2, 0) is 9.53 Å². The van der Waals surface area contributed by atoms with Gasteiger partial charge in [-0.05, 0) is 31.5 Å². The van der Waals surface area contributed by atoms with Gasteiger partial charge in [0, 0.05) is 5.69 Å². The molecule has 2 aliphatic heterocycles. The zero-order valence-corrected chi connectivity index (χ0v) is 9.83. The first-order chi connectivity index (χ1) is 8.77. The number of amides is 1. The minimum absolute atomic E-state index is 0.267. The molecule has 2 aliphatic rings. The number of para-hydroxylation sites is 1. The van der Waals surface area contributed by atoms with Crippen LogP contribution < -0.4 is 10.2 Å². The van der Waals surface area contributed by atoms with E-state index in [0.717, 1.165) is 25.1 Å². The lowest BCUT2D eigenvalue weighted by Crippen LogP contribution is -2.62. The standard InChI is InChI=1S/C13H14N2O3/c16-12-10-7-4-8-14-11(10)15(13(17)18-12)9-5-2-1-3-6-9/h1-3,5-6,10-11,14H,4,7-8H2. The second-order valence-corrected chi connectivity index (χ2v) is 4.54. The Bertz CT molecular complexity index is 474. The fourth-order valence-corrected chi connectivity index (χ4v) is 2.57. The first kappa shape index (κ1) is 11.2. The normalized spacial score (nSPS) is 27.7. The number of carbonyl (C=O) groups is 2. The number of hydrogen-bond acceptors (Lipinski definition) is 4. The maximum absolute atomic E-state index is 11.9. The van der Waals surface area contributed by atoms with Gasteiger partial charge in [0.2, 0.25) is 0 Å². The molecule has 0 saturated carbocycles. The number of nitrogens with zero attached hydrogens (tertiary/aromatic N) is 1. The van der Waals surface area contributed by atoms with Crippen molar-refractivity contribution >= 4 is 17.7 Å². The van der Waals surface area contributed by atoms with Gasteiger partial charge in [-0.15, -0.1) is 0 Å². The van der Waals surface area contributed by atoms with Crippen LogP contribution in [0.2, 0.25) is 0 Å². The van der Waals surface area contributed by atoms with Crippen LogP contribution in [0.4, 0.5) is 10.5 Å². The SMILES string of the molecule is O=C1OC(=O)N(c2ccccc2)C2NCCCC12. The second-order valence-electron chi connectivity index (χ2n) is 4.54. The van der Waals surface area contributed by atoms with Crippen LogP contribution in [0.15, 0.2) is 30.3 Å². The van der Waals surface area contributed by atoms with Crippen LogP contribution in [0.3, 0.4) is 0 Å². The summed E-state index contributed by atoms with van der Waals surface area (Å²) >= 11 is 0. The lowest BCUT2D eigenvalue weighted by Gasteiger charge is -2.41. The minimum Gasteiger partial charge on any atom is -0.376 e. The number of rotatable bonds is 1. The smallest absolute Gasteiger partial charge is 0.376 e. The number of benzene rings is 1. The van der Waals surface area contributed by atoms with E-state index in [9.17, 15) is 9.59 Å². The van der Waals surface area contributed by atoms with Gasteiger partial charge in [0.25, 0.3) is 0 Å². The molecule has 0 aromatic heterocycles. The number of hydrogen-bond donors (Lipinski definition) is 1. The van der Waals surface area contributed by atoms with Crippen LogP contribution in [0, 0.1) is 5.92 Å². The number of anilines is 1. The third-order valence-electron chi connectivity index (χ3n) is 3.43. The summed E-state index contributed by atoms with van der Waals surface area (Å²) in [5.41, 5.74) is 0.749. The summed E-state index contributed by atoms with van der Waals surface area (Å²) in [4.78, 5) is 25.1. The summed E-state index contributed by atoms with van der Waals surface area (Å²) in [6.45, 7) is 0.811. The largest absolute Gasteiger partial charge is 0.423 e. The van der Waals surface area contributed by atoms with Crippen molar-refractivity contribution in [3.63, 3.8) is 0 Å². The number of esters is 1. The molecule has 2 fully saturated rings. The van der Waals surface area contributed by atoms with Crippen LogP contribution >= 0.6 is 0 Å². The molecule has 0 bridgehead atoms. The molecular formula is C13H14N2O3. The Morgan fingerprint density at radius 3 is 2.78 bits per heavy atom. The summed E-state index contributed by atoms with van der Waals surface area (Å²) in [6.07, 6.45) is 0.803. The molecule has 5 heteroatoms. The molecule has 1 amide bonds. The highest BCUT2D eigenvalue weighted by molar-refractivity contribution is 5.99. The van der Waals surface area contributed by atoms with Gasteiger partial charge in [-0.2, -0.15) is 0 Å². The topological polar surface area (TPSA) is 58.6 Å². The Balaban J connectivity index is 1.96. The van der Waals surface area contributed by atoms with E-state index in [-0.39, 0.29) is 12.1 Å². The fraction of sp³-hybridized carbons (Fsp3) is 0.385. The van der Waals surface area contributed by atoms with Gasteiger partial charge in [0.05, 0.1) is 5.92 Å². The monoisotopic (exact) mass is 246 g/mol. The van der Waals surface area contributed by atoms with E-state index in [2.05, 4.69) is 5.32 Å². The van der Waals surface area contributed by atoms with Gasteiger partial charge < -0.3 is 4.74 Å². The van der Waals surface area contributed by atoms with Crippen molar-refractivity contribution in [2.45, 2.75) is 19.0 Å². The summed E-state index contributed by atoms with van der Waals surface area (Å²) in [7, 11) is 0. The number of cyclic esters (lactones) is 2. The van der Waals surface area contributed by atoms with Gasteiger partial charge >= 0.3 is 12.1 Å². The number of nitrogens with one attached hydrogen (secondary N) is 1. The average molecular weight is 246 g/mol. The van der Waals surface area contributed by atoms with Crippen LogP contribution in [-0.4, -0.2) is 24.8 Å². The lowest BCUT2D eigenvalue weighted by atomic mass is 9.93. The Labute approximate surface area is 105 Å². The summed E-state index contributed by atoms with van der Waals surface area (Å²) < 4.78 is 4.83. The van der Waals surface area contributed by atoms with E-state index in [4.69, 9.17) is 4.74 Å². The molecule has 0 aliphatic carbocycles. The molecule has 3 rings (SSSR count). The molecule has 1 N–H and O–H groups in total. The van der Waals surface area contributed by atoms with Gasteiger partial charge in [-0.3, -0.25) is 15.0 Å². The predicted molar refractivity (Wildman–Crippen MR) is 64.9 cm³/mol. The molecule has 2 saturated heterocycles. The van der Waals surface area contributed by atoms with Crippen molar-refractivity contribution in [2.24, 2.45) is 5.92 Å². The molecule has 2 heterocycles. The van der Waals surface area contributed by atoms with E-state index in [1.165, 1.54) is 4.90 Å². The first-order valence-electron chi connectivity index (χ1n) is 6.11. The van der Waals surface area contributed by atoms with Crippen molar-refractivity contribution in [2.75, 3.05) is 11.4 Å². The average Bonchev–Trinajstić information content (AvgIpc) is 2.40. The molecule has 0 spiro atoms. The van der Waals surface area contributed by atoms with Gasteiger partial charge in [0.15, 0.2) is 0 Å². The highest BCUT2D eigenvalue weighted by atomic mass is 16.6. The van der Waals surface area contributed by atoms with Gasteiger partial charge in [-0.1, -0.05) is 18.2 Å². The number of piperidine rings is 1. The molecule has 0 radical (unpaired) electrons. The van der Waals surface area contributed by atoms with Crippen LogP contribution in [0.1, 0.15) is 12.8 Å². The fourth-order valence-electron chi connectivity index (χ4n) is 2.57. The van der Waals surface area contributed by atoms with Crippen molar-refractivity contribution in [1.82, 2.24) is 5.32 Å². The van der Waals surface area contributed by atoms with E-state index in [0.29, 0.717) is 0 Å². The number of carbonyl (C=O) groups excluding carboxylic acids is 2. The van der Waals surface area contributed by atoms with E-state index in [1.54, 1.807) is 0 Å². The zero-order chi connectivity index (χ0) is 12.5. The summed E-state index contributed by atoms with van der Waals surface area (Å²) in [5, 5.41) is 3.23. The maximum atomic E-state index is 11.9. The maximum Gasteiger partial charge on any atom is 0.423 e. The van der Waals surface area contributed by atoms with Crippen molar-refractivity contribution in [3.05, 3.63) is 30.3 Å². The van der Waals surface area contributed by atoms with E-state index in [1.807, 2.05) is 30.3 Å². The van der Waals surface area contributed by atoms with Gasteiger partial charge in [0.1, 0.15) is 6.17 Å². The highest BCUT2D eigenvalue weighted by Crippen LogP contribution is 2.30.